The van der Waals surface area contributed by atoms with Gasteiger partial charge in [0.15, 0.2) is 0 Å². The molecule has 23 heavy (non-hydrogen) atoms. The number of hydrogen-bond donors (Lipinski definition) is 1. The van der Waals surface area contributed by atoms with E-state index >= 15 is 0 Å². The molecule has 0 aliphatic carbocycles. The number of carbonyl (C=O) groups is 2. The minimum Gasteiger partial charge on any atom is -0.445 e. The van der Waals surface area contributed by atoms with E-state index in [2.05, 4.69) is 6.58 Å². The van der Waals surface area contributed by atoms with Gasteiger partial charge in [-0.1, -0.05) is 12.7 Å². The third kappa shape index (κ3) is 3.77. The summed E-state index contributed by atoms with van der Waals surface area (Å²) in [6.07, 6.45) is 0.754. The monoisotopic (exact) mass is 326 g/mol. The molecule has 2 fully saturated rings. The predicted molar refractivity (Wildman–Crippen MR) is 83.9 cm³/mol. The number of hydrogen-bond acceptors (Lipinski definition) is 5. The van der Waals surface area contributed by atoms with Crippen LogP contribution in [0.25, 0.3) is 0 Å². The van der Waals surface area contributed by atoms with Gasteiger partial charge in [0.05, 0.1) is 0 Å². The summed E-state index contributed by atoms with van der Waals surface area (Å²) in [5, 5.41) is 9.62. The number of aliphatic hydroxyl groups is 1. The first-order chi connectivity index (χ1) is 10.7. The first-order valence-electron chi connectivity index (χ1n) is 7.82. The molecule has 7 nitrogen and oxygen atoms in total. The molecule has 0 aromatic rings. The molecule has 2 heterocycles. The van der Waals surface area contributed by atoms with E-state index in [4.69, 9.17) is 9.47 Å². The minimum atomic E-state index is -0.535. The third-order valence-electron chi connectivity index (χ3n) is 4.28. The Morgan fingerprint density at radius 3 is 2.39 bits per heavy atom. The van der Waals surface area contributed by atoms with Crippen molar-refractivity contribution in [1.29, 1.82) is 0 Å². The molecule has 0 saturated carbocycles. The van der Waals surface area contributed by atoms with E-state index in [0.717, 1.165) is 0 Å². The summed E-state index contributed by atoms with van der Waals surface area (Å²) in [7, 11) is 0. The summed E-state index contributed by atoms with van der Waals surface area (Å²) in [5.41, 5.74) is -0.800. The van der Waals surface area contributed by atoms with Crippen LogP contribution in [0.3, 0.4) is 0 Å². The van der Waals surface area contributed by atoms with Crippen LogP contribution < -0.4 is 0 Å². The maximum Gasteiger partial charge on any atom is 0.410 e. The Hall–Kier alpha value is -1.76. The summed E-state index contributed by atoms with van der Waals surface area (Å²) < 4.78 is 10.4. The van der Waals surface area contributed by atoms with Crippen LogP contribution in [0.2, 0.25) is 0 Å². The zero-order valence-electron chi connectivity index (χ0n) is 14.1. The molecule has 1 unspecified atom stereocenters. The average molecular weight is 326 g/mol. The van der Waals surface area contributed by atoms with E-state index in [1.54, 1.807) is 9.80 Å². The van der Waals surface area contributed by atoms with Crippen molar-refractivity contribution >= 4 is 12.2 Å². The summed E-state index contributed by atoms with van der Waals surface area (Å²) in [6.45, 7) is 11.0. The van der Waals surface area contributed by atoms with Gasteiger partial charge in [0.25, 0.3) is 0 Å². The molecule has 7 heteroatoms. The van der Waals surface area contributed by atoms with Gasteiger partial charge < -0.3 is 24.4 Å². The SMILES string of the molecule is C=CCOC(=O)N1CC(CO)C2(C1)CN(C(=O)OC(C)(C)C)C2. The lowest BCUT2D eigenvalue weighted by Crippen LogP contribution is -2.63. The van der Waals surface area contributed by atoms with Crippen molar-refractivity contribution in [3.05, 3.63) is 12.7 Å². The molecule has 1 atom stereocenters. The fraction of sp³-hybridized carbons (Fsp3) is 0.750. The van der Waals surface area contributed by atoms with Gasteiger partial charge in [0.2, 0.25) is 0 Å². The lowest BCUT2D eigenvalue weighted by Gasteiger charge is -2.50. The van der Waals surface area contributed by atoms with Crippen LogP contribution in [0.5, 0.6) is 0 Å². The van der Waals surface area contributed by atoms with Crippen molar-refractivity contribution in [2.45, 2.75) is 26.4 Å². The quantitative estimate of drug-likeness (QED) is 0.795. The second-order valence-corrected chi connectivity index (χ2v) is 7.32. The second kappa shape index (κ2) is 6.39. The Balaban J connectivity index is 1.94. The van der Waals surface area contributed by atoms with Gasteiger partial charge in [-0.15, -0.1) is 0 Å². The maximum atomic E-state index is 12.1. The summed E-state index contributed by atoms with van der Waals surface area (Å²) in [5.74, 6) is -0.0579. The number of amides is 2. The van der Waals surface area contributed by atoms with Gasteiger partial charge in [0.1, 0.15) is 12.2 Å². The van der Waals surface area contributed by atoms with Crippen molar-refractivity contribution in [2.24, 2.45) is 11.3 Å². The van der Waals surface area contributed by atoms with E-state index in [1.165, 1.54) is 6.08 Å². The first-order valence-corrected chi connectivity index (χ1v) is 7.82. The number of carbonyl (C=O) groups excluding carboxylic acids is 2. The highest BCUT2D eigenvalue weighted by molar-refractivity contribution is 5.71. The van der Waals surface area contributed by atoms with E-state index in [9.17, 15) is 14.7 Å². The van der Waals surface area contributed by atoms with Crippen molar-refractivity contribution in [3.8, 4) is 0 Å². The van der Waals surface area contributed by atoms with Crippen molar-refractivity contribution in [2.75, 3.05) is 39.4 Å². The Labute approximate surface area is 136 Å². The molecule has 1 spiro atoms. The molecule has 2 aliphatic heterocycles. The number of rotatable bonds is 3. The predicted octanol–water partition coefficient (Wildman–Crippen LogP) is 1.47. The van der Waals surface area contributed by atoms with Crippen LogP contribution in [0.1, 0.15) is 20.8 Å². The smallest absolute Gasteiger partial charge is 0.410 e. The van der Waals surface area contributed by atoms with Gasteiger partial charge in [0, 0.05) is 44.1 Å². The lowest BCUT2D eigenvalue weighted by molar-refractivity contribution is -0.0528. The highest BCUT2D eigenvalue weighted by Gasteiger charge is 2.56. The van der Waals surface area contributed by atoms with Gasteiger partial charge >= 0.3 is 12.2 Å². The van der Waals surface area contributed by atoms with Crippen LogP contribution in [0.15, 0.2) is 12.7 Å². The van der Waals surface area contributed by atoms with Crippen LogP contribution in [0.4, 0.5) is 9.59 Å². The Morgan fingerprint density at radius 2 is 1.87 bits per heavy atom. The van der Waals surface area contributed by atoms with E-state index in [0.29, 0.717) is 26.2 Å². The Bertz CT molecular complexity index is 479. The molecule has 0 aromatic heterocycles. The van der Waals surface area contributed by atoms with Gasteiger partial charge in [-0.25, -0.2) is 9.59 Å². The van der Waals surface area contributed by atoms with E-state index in [1.807, 2.05) is 20.8 Å². The number of likely N-dealkylation sites (tertiary alicyclic amines) is 2. The van der Waals surface area contributed by atoms with Gasteiger partial charge in [-0.3, -0.25) is 0 Å². The zero-order chi connectivity index (χ0) is 17.3. The molecule has 130 valence electrons. The summed E-state index contributed by atoms with van der Waals surface area (Å²) in [6, 6.07) is 0. The zero-order valence-corrected chi connectivity index (χ0v) is 14.1. The molecule has 2 rings (SSSR count). The topological polar surface area (TPSA) is 79.3 Å². The van der Waals surface area contributed by atoms with Crippen LogP contribution in [-0.4, -0.2) is 72.1 Å². The molecule has 2 aliphatic rings. The lowest BCUT2D eigenvalue weighted by atomic mass is 9.72. The molecule has 1 N–H and O–H groups in total. The Kier molecular flexibility index (Phi) is 4.89. The van der Waals surface area contributed by atoms with Crippen LogP contribution >= 0.6 is 0 Å². The molecule has 2 amide bonds. The molecular formula is C16H26N2O5. The normalized spacial score (nSPS) is 22.7. The maximum absolute atomic E-state index is 12.1. The van der Waals surface area contributed by atoms with E-state index < -0.39 is 11.7 Å². The van der Waals surface area contributed by atoms with Crippen molar-refractivity contribution in [3.63, 3.8) is 0 Å². The fourth-order valence-electron chi connectivity index (χ4n) is 3.17. The molecule has 2 saturated heterocycles. The molecular weight excluding hydrogens is 300 g/mol. The third-order valence-corrected chi connectivity index (χ3v) is 4.28. The van der Waals surface area contributed by atoms with Crippen LogP contribution in [0, 0.1) is 11.3 Å². The van der Waals surface area contributed by atoms with Gasteiger partial charge in [-0.05, 0) is 20.8 Å². The highest BCUT2D eigenvalue weighted by Crippen LogP contribution is 2.44. The van der Waals surface area contributed by atoms with Crippen molar-refractivity contribution in [1.82, 2.24) is 9.80 Å². The van der Waals surface area contributed by atoms with E-state index in [-0.39, 0.29) is 30.6 Å². The highest BCUT2D eigenvalue weighted by atomic mass is 16.6. The summed E-state index contributed by atoms with van der Waals surface area (Å²) in [4.78, 5) is 27.2. The second-order valence-electron chi connectivity index (χ2n) is 7.32. The molecule has 0 aromatic carbocycles. The van der Waals surface area contributed by atoms with Gasteiger partial charge in [-0.2, -0.15) is 0 Å². The number of aliphatic hydroxyl groups excluding tert-OH is 1. The van der Waals surface area contributed by atoms with Crippen LogP contribution in [-0.2, 0) is 9.47 Å². The van der Waals surface area contributed by atoms with Crippen molar-refractivity contribution < 1.29 is 24.2 Å². The average Bonchev–Trinajstić information content (AvgIpc) is 2.80. The largest absolute Gasteiger partial charge is 0.445 e. The fourth-order valence-corrected chi connectivity index (χ4v) is 3.17. The number of nitrogens with zero attached hydrogens (tertiary/aromatic N) is 2. The first kappa shape index (κ1) is 17.6. The Morgan fingerprint density at radius 1 is 1.26 bits per heavy atom. The molecule has 0 bridgehead atoms. The summed E-state index contributed by atoms with van der Waals surface area (Å²) >= 11 is 0. The minimum absolute atomic E-state index is 0.0204. The standard InChI is InChI=1S/C16H26N2O5/c1-5-6-22-13(20)17-7-12(8-19)16(9-17)10-18(11-16)14(21)23-15(2,3)4/h5,12,19H,1,6-11H2,2-4H3. The number of ether oxygens (including phenoxy) is 2. The molecule has 0 radical (unpaired) electrons.